The van der Waals surface area contributed by atoms with Crippen LogP contribution >= 0.6 is 0 Å². The van der Waals surface area contributed by atoms with E-state index in [1.165, 1.54) is 0 Å². The van der Waals surface area contributed by atoms with Crippen LogP contribution in [0.1, 0.15) is 60.3 Å². The van der Waals surface area contributed by atoms with Gasteiger partial charge in [0.05, 0.1) is 0 Å². The smallest absolute Gasteiger partial charge is 0.407 e. The number of ether oxygens (including phenoxy) is 1. The van der Waals surface area contributed by atoms with Crippen LogP contribution in [0.25, 0.3) is 0 Å². The first-order valence-electron chi connectivity index (χ1n) is 8.64. The summed E-state index contributed by atoms with van der Waals surface area (Å²) in [5.74, 6) is 1.21. The summed E-state index contributed by atoms with van der Waals surface area (Å²) in [7, 11) is 3.67. The standard InChI is InChI=1S/C18H34N2O3/c1-13(12-19-16(22)23-17(3,4)5)8-9-18(10-14(2)11-18)15(21)20(6)7/h13-14H,8-12H2,1-7H3,(H,19,22). The lowest BCUT2D eigenvalue weighted by atomic mass is 9.59. The summed E-state index contributed by atoms with van der Waals surface area (Å²) in [6.45, 7) is 10.4. The highest BCUT2D eigenvalue weighted by Gasteiger charge is 2.48. The summed E-state index contributed by atoms with van der Waals surface area (Å²) >= 11 is 0. The number of amides is 2. The van der Waals surface area contributed by atoms with Crippen LogP contribution in [0.4, 0.5) is 4.79 Å². The zero-order chi connectivity index (χ0) is 17.8. The molecule has 1 saturated carbocycles. The average molecular weight is 326 g/mol. The predicted octanol–water partition coefficient (Wildman–Crippen LogP) is 3.43. The summed E-state index contributed by atoms with van der Waals surface area (Å²) in [5.41, 5.74) is -0.652. The zero-order valence-electron chi connectivity index (χ0n) is 15.9. The van der Waals surface area contributed by atoms with Crippen LogP contribution in [0.15, 0.2) is 0 Å². The van der Waals surface area contributed by atoms with E-state index in [-0.39, 0.29) is 17.4 Å². The molecule has 134 valence electrons. The molecule has 0 bridgehead atoms. The first-order valence-corrected chi connectivity index (χ1v) is 8.64. The van der Waals surface area contributed by atoms with Gasteiger partial charge in [-0.15, -0.1) is 0 Å². The van der Waals surface area contributed by atoms with Crippen molar-refractivity contribution in [2.24, 2.45) is 17.3 Å². The van der Waals surface area contributed by atoms with Gasteiger partial charge in [-0.2, -0.15) is 0 Å². The van der Waals surface area contributed by atoms with Gasteiger partial charge in [0.25, 0.3) is 0 Å². The Balaban J connectivity index is 2.41. The molecule has 0 saturated heterocycles. The Morgan fingerprint density at radius 1 is 1.30 bits per heavy atom. The van der Waals surface area contributed by atoms with Crippen LogP contribution < -0.4 is 5.32 Å². The maximum absolute atomic E-state index is 12.5. The van der Waals surface area contributed by atoms with Crippen LogP contribution in [0, 0.1) is 17.3 Å². The van der Waals surface area contributed by atoms with Crippen molar-refractivity contribution in [2.75, 3.05) is 20.6 Å². The third kappa shape index (κ3) is 6.04. The van der Waals surface area contributed by atoms with E-state index in [4.69, 9.17) is 4.74 Å². The monoisotopic (exact) mass is 326 g/mol. The first-order chi connectivity index (χ1) is 10.4. The van der Waals surface area contributed by atoms with Crippen LogP contribution in [0.2, 0.25) is 0 Å². The number of nitrogens with zero attached hydrogens (tertiary/aromatic N) is 1. The van der Waals surface area contributed by atoms with E-state index in [1.54, 1.807) is 4.90 Å². The number of hydrogen-bond acceptors (Lipinski definition) is 3. The van der Waals surface area contributed by atoms with Crippen LogP contribution in [0.5, 0.6) is 0 Å². The minimum Gasteiger partial charge on any atom is -0.444 e. The van der Waals surface area contributed by atoms with Crippen molar-refractivity contribution in [3.63, 3.8) is 0 Å². The molecule has 0 aromatic heterocycles. The lowest BCUT2D eigenvalue weighted by molar-refractivity contribution is -0.149. The third-order valence-corrected chi connectivity index (χ3v) is 4.45. The van der Waals surface area contributed by atoms with Crippen LogP contribution in [-0.2, 0) is 9.53 Å². The van der Waals surface area contributed by atoms with E-state index in [9.17, 15) is 9.59 Å². The van der Waals surface area contributed by atoms with Gasteiger partial charge in [-0.1, -0.05) is 13.8 Å². The minimum atomic E-state index is -0.475. The average Bonchev–Trinajstić information content (AvgIpc) is 2.37. The molecule has 1 rings (SSSR count). The van der Waals surface area contributed by atoms with Gasteiger partial charge < -0.3 is 15.0 Å². The quantitative estimate of drug-likeness (QED) is 0.813. The second-order valence-corrected chi connectivity index (χ2v) is 8.52. The maximum atomic E-state index is 12.5. The highest BCUT2D eigenvalue weighted by Crippen LogP contribution is 2.50. The van der Waals surface area contributed by atoms with Crippen molar-refractivity contribution in [1.82, 2.24) is 10.2 Å². The van der Waals surface area contributed by atoms with Crippen molar-refractivity contribution in [2.45, 2.75) is 65.9 Å². The number of rotatable bonds is 6. The van der Waals surface area contributed by atoms with Gasteiger partial charge in [-0.25, -0.2) is 4.79 Å². The van der Waals surface area contributed by atoms with Crippen molar-refractivity contribution >= 4 is 12.0 Å². The fourth-order valence-corrected chi connectivity index (χ4v) is 3.43. The lowest BCUT2D eigenvalue weighted by Crippen LogP contribution is -2.48. The Bertz CT molecular complexity index is 420. The molecule has 1 fully saturated rings. The van der Waals surface area contributed by atoms with E-state index in [0.29, 0.717) is 18.4 Å². The molecule has 0 aromatic rings. The van der Waals surface area contributed by atoms with E-state index >= 15 is 0 Å². The molecular weight excluding hydrogens is 292 g/mol. The molecular formula is C18H34N2O3. The van der Waals surface area contributed by atoms with Gasteiger partial charge in [-0.3, -0.25) is 4.79 Å². The topological polar surface area (TPSA) is 58.6 Å². The van der Waals surface area contributed by atoms with Gasteiger partial charge in [0.15, 0.2) is 0 Å². The van der Waals surface area contributed by atoms with E-state index in [1.807, 2.05) is 34.9 Å². The Labute approximate surface area is 141 Å². The predicted molar refractivity (Wildman–Crippen MR) is 92.2 cm³/mol. The number of carbonyl (C=O) groups is 2. The van der Waals surface area contributed by atoms with Gasteiger partial charge in [0.2, 0.25) is 5.91 Å². The highest BCUT2D eigenvalue weighted by atomic mass is 16.6. The molecule has 0 aromatic carbocycles. The largest absolute Gasteiger partial charge is 0.444 e. The van der Waals surface area contributed by atoms with Gasteiger partial charge in [0, 0.05) is 26.1 Å². The summed E-state index contributed by atoms with van der Waals surface area (Å²) < 4.78 is 5.24. The molecule has 0 aliphatic heterocycles. The Morgan fingerprint density at radius 3 is 2.30 bits per heavy atom. The second kappa shape index (κ2) is 7.54. The molecule has 5 nitrogen and oxygen atoms in total. The summed E-state index contributed by atoms with van der Waals surface area (Å²) in [5, 5.41) is 2.82. The molecule has 1 N–H and O–H groups in total. The fraction of sp³-hybridized carbons (Fsp3) is 0.889. The molecule has 1 unspecified atom stereocenters. The highest BCUT2D eigenvalue weighted by molar-refractivity contribution is 5.83. The Morgan fingerprint density at radius 2 is 1.87 bits per heavy atom. The number of hydrogen-bond donors (Lipinski definition) is 1. The van der Waals surface area contributed by atoms with Crippen LogP contribution in [-0.4, -0.2) is 43.1 Å². The molecule has 0 radical (unpaired) electrons. The molecule has 5 heteroatoms. The number of alkyl carbamates (subject to hydrolysis) is 1. The van der Waals surface area contributed by atoms with Crippen molar-refractivity contribution in [1.29, 1.82) is 0 Å². The SMILES string of the molecule is CC(CCC1(C(=O)N(C)C)CC(C)C1)CNC(=O)OC(C)(C)C. The molecule has 0 heterocycles. The van der Waals surface area contributed by atoms with Crippen molar-refractivity contribution < 1.29 is 14.3 Å². The van der Waals surface area contributed by atoms with Gasteiger partial charge in [0.1, 0.15) is 5.60 Å². The molecule has 23 heavy (non-hydrogen) atoms. The van der Waals surface area contributed by atoms with Crippen molar-refractivity contribution in [3.05, 3.63) is 0 Å². The second-order valence-electron chi connectivity index (χ2n) is 8.52. The fourth-order valence-electron chi connectivity index (χ4n) is 3.43. The normalized spacial score (nSPS) is 25.3. The summed E-state index contributed by atoms with van der Waals surface area (Å²) in [4.78, 5) is 25.9. The minimum absolute atomic E-state index is 0.177. The van der Waals surface area contributed by atoms with Crippen LogP contribution in [0.3, 0.4) is 0 Å². The van der Waals surface area contributed by atoms with E-state index < -0.39 is 5.60 Å². The molecule has 2 amide bonds. The number of nitrogens with one attached hydrogen (secondary N) is 1. The molecule has 1 aliphatic rings. The molecule has 1 atom stereocenters. The zero-order valence-corrected chi connectivity index (χ0v) is 15.9. The van der Waals surface area contributed by atoms with Crippen molar-refractivity contribution in [3.8, 4) is 0 Å². The molecule has 0 spiro atoms. The Hall–Kier alpha value is -1.26. The third-order valence-electron chi connectivity index (χ3n) is 4.45. The Kier molecular flexibility index (Phi) is 6.49. The number of carbonyl (C=O) groups excluding carboxylic acids is 2. The van der Waals surface area contributed by atoms with Gasteiger partial charge in [-0.05, 0) is 58.3 Å². The summed E-state index contributed by atoms with van der Waals surface area (Å²) in [6, 6.07) is 0. The maximum Gasteiger partial charge on any atom is 0.407 e. The van der Waals surface area contributed by atoms with E-state index in [2.05, 4.69) is 19.2 Å². The van der Waals surface area contributed by atoms with E-state index in [0.717, 1.165) is 25.7 Å². The molecule has 1 aliphatic carbocycles. The lowest BCUT2D eigenvalue weighted by Gasteiger charge is -2.47. The first kappa shape index (κ1) is 19.8. The summed E-state index contributed by atoms with van der Waals surface area (Å²) in [6.07, 6.45) is 3.42. The van der Waals surface area contributed by atoms with Gasteiger partial charge >= 0.3 is 6.09 Å².